The Kier molecular flexibility index (Phi) is 3.65. The minimum Gasteiger partial charge on any atom is -0.380 e. The fourth-order valence-electron chi connectivity index (χ4n) is 3.02. The van der Waals surface area contributed by atoms with Crippen LogP contribution in [-0.4, -0.2) is 43.3 Å². The van der Waals surface area contributed by atoms with E-state index in [0.29, 0.717) is 0 Å². The molecule has 1 atom stereocenters. The molecular formula is C12H24N2O. The summed E-state index contributed by atoms with van der Waals surface area (Å²) in [6.07, 6.45) is 5.10. The van der Waals surface area contributed by atoms with E-state index in [1.807, 2.05) is 0 Å². The summed E-state index contributed by atoms with van der Waals surface area (Å²) in [5, 5.41) is 0. The molecule has 3 heteroatoms. The highest BCUT2D eigenvalue weighted by atomic mass is 16.5. The molecule has 1 heterocycles. The summed E-state index contributed by atoms with van der Waals surface area (Å²) in [4.78, 5) is 2.61. The first-order valence-corrected chi connectivity index (χ1v) is 6.36. The van der Waals surface area contributed by atoms with Crippen LogP contribution in [-0.2, 0) is 4.74 Å². The van der Waals surface area contributed by atoms with E-state index < -0.39 is 0 Å². The van der Waals surface area contributed by atoms with Gasteiger partial charge in [0.2, 0.25) is 0 Å². The van der Waals surface area contributed by atoms with Crippen LogP contribution in [0.4, 0.5) is 0 Å². The van der Waals surface area contributed by atoms with Crippen LogP contribution in [0.15, 0.2) is 0 Å². The van der Waals surface area contributed by atoms with Gasteiger partial charge in [0.15, 0.2) is 0 Å². The van der Waals surface area contributed by atoms with E-state index in [2.05, 4.69) is 11.8 Å². The summed E-state index contributed by atoms with van der Waals surface area (Å²) in [7, 11) is 0. The van der Waals surface area contributed by atoms with Crippen molar-refractivity contribution >= 4 is 0 Å². The molecule has 1 aliphatic heterocycles. The van der Waals surface area contributed by atoms with Gasteiger partial charge in [0.05, 0.1) is 6.61 Å². The summed E-state index contributed by atoms with van der Waals surface area (Å²) < 4.78 is 5.53. The topological polar surface area (TPSA) is 38.5 Å². The first-order chi connectivity index (χ1) is 7.33. The van der Waals surface area contributed by atoms with E-state index in [9.17, 15) is 0 Å². The number of rotatable bonds is 4. The first-order valence-electron chi connectivity index (χ1n) is 6.36. The van der Waals surface area contributed by atoms with Gasteiger partial charge in [0.25, 0.3) is 0 Å². The van der Waals surface area contributed by atoms with Crippen molar-refractivity contribution in [1.29, 1.82) is 0 Å². The molecule has 88 valence electrons. The average Bonchev–Trinajstić information content (AvgIpc) is 3.07. The molecule has 1 aliphatic carbocycles. The molecule has 0 amide bonds. The van der Waals surface area contributed by atoms with Gasteiger partial charge in [-0.15, -0.1) is 0 Å². The van der Waals surface area contributed by atoms with Crippen LogP contribution in [0, 0.1) is 5.92 Å². The molecule has 2 fully saturated rings. The lowest BCUT2D eigenvalue weighted by Crippen LogP contribution is -2.56. The van der Waals surface area contributed by atoms with Gasteiger partial charge in [-0.2, -0.15) is 0 Å². The molecule has 2 aliphatic rings. The molecule has 2 rings (SSSR count). The van der Waals surface area contributed by atoms with Crippen LogP contribution in [0.25, 0.3) is 0 Å². The van der Waals surface area contributed by atoms with Gasteiger partial charge in [-0.3, -0.25) is 4.90 Å². The van der Waals surface area contributed by atoms with E-state index >= 15 is 0 Å². The Morgan fingerprint density at radius 2 is 2.13 bits per heavy atom. The summed E-state index contributed by atoms with van der Waals surface area (Å²) in [6, 6.07) is 0. The molecule has 3 nitrogen and oxygen atoms in total. The number of hydrogen-bond acceptors (Lipinski definition) is 3. The lowest BCUT2D eigenvalue weighted by molar-refractivity contribution is 0.0614. The maximum atomic E-state index is 6.06. The van der Waals surface area contributed by atoms with Crippen LogP contribution in [0.1, 0.15) is 32.6 Å². The third-order valence-electron chi connectivity index (χ3n) is 4.16. The van der Waals surface area contributed by atoms with Gasteiger partial charge < -0.3 is 10.5 Å². The molecule has 15 heavy (non-hydrogen) atoms. The van der Waals surface area contributed by atoms with Crippen LogP contribution in [0.5, 0.6) is 0 Å². The van der Waals surface area contributed by atoms with Crippen molar-refractivity contribution in [1.82, 2.24) is 4.90 Å². The number of ether oxygens (including phenoxy) is 1. The highest BCUT2D eigenvalue weighted by molar-refractivity contribution is 5.02. The maximum absolute atomic E-state index is 6.06. The number of hydrogen-bond donors (Lipinski definition) is 1. The van der Waals surface area contributed by atoms with Gasteiger partial charge in [-0.25, -0.2) is 0 Å². The van der Waals surface area contributed by atoms with Crippen molar-refractivity contribution in [2.45, 2.75) is 38.1 Å². The average molecular weight is 212 g/mol. The zero-order chi connectivity index (χ0) is 10.7. The Balaban J connectivity index is 2.07. The van der Waals surface area contributed by atoms with E-state index in [4.69, 9.17) is 10.5 Å². The molecule has 1 saturated carbocycles. The van der Waals surface area contributed by atoms with Crippen molar-refractivity contribution in [3.63, 3.8) is 0 Å². The predicted molar refractivity (Wildman–Crippen MR) is 61.8 cm³/mol. The number of nitrogens with zero attached hydrogens (tertiary/aromatic N) is 1. The Labute approximate surface area is 93.0 Å². The normalized spacial score (nSPS) is 28.4. The molecule has 0 aromatic heterocycles. The fraction of sp³-hybridized carbons (Fsp3) is 1.00. The van der Waals surface area contributed by atoms with Crippen molar-refractivity contribution in [3.8, 4) is 0 Å². The second kappa shape index (κ2) is 4.81. The molecule has 1 unspecified atom stereocenters. The Hall–Kier alpha value is -0.120. The SMILES string of the molecule is CCC(CN)(C1CC1)N1CCCOCC1. The standard InChI is InChI=1S/C12H24N2O/c1-2-12(10-13,11-4-5-11)14-6-3-8-15-9-7-14/h11H,2-10,13H2,1H3. The van der Waals surface area contributed by atoms with Gasteiger partial charge in [-0.1, -0.05) is 6.92 Å². The second-order valence-electron chi connectivity index (χ2n) is 4.89. The predicted octanol–water partition coefficient (Wildman–Crippen LogP) is 1.23. The third-order valence-corrected chi connectivity index (χ3v) is 4.16. The van der Waals surface area contributed by atoms with Gasteiger partial charge in [-0.05, 0) is 31.6 Å². The summed E-state index contributed by atoms with van der Waals surface area (Å²) >= 11 is 0. The summed E-state index contributed by atoms with van der Waals surface area (Å²) in [6.45, 7) is 7.15. The first kappa shape index (κ1) is 11.4. The van der Waals surface area contributed by atoms with Crippen LogP contribution >= 0.6 is 0 Å². The lowest BCUT2D eigenvalue weighted by atomic mass is 9.87. The van der Waals surface area contributed by atoms with Crippen LogP contribution in [0.2, 0.25) is 0 Å². The minimum atomic E-state index is 0.285. The zero-order valence-corrected chi connectivity index (χ0v) is 9.87. The summed E-state index contributed by atoms with van der Waals surface area (Å²) in [5.41, 5.74) is 6.34. The van der Waals surface area contributed by atoms with Gasteiger partial charge in [0.1, 0.15) is 0 Å². The smallest absolute Gasteiger partial charge is 0.0593 e. The Morgan fingerprint density at radius 1 is 1.33 bits per heavy atom. The Bertz CT molecular complexity index is 192. The molecule has 0 aromatic carbocycles. The minimum absolute atomic E-state index is 0.285. The largest absolute Gasteiger partial charge is 0.380 e. The van der Waals surface area contributed by atoms with E-state index in [0.717, 1.165) is 38.6 Å². The summed E-state index contributed by atoms with van der Waals surface area (Å²) in [5.74, 6) is 0.852. The van der Waals surface area contributed by atoms with E-state index in [-0.39, 0.29) is 5.54 Å². The van der Waals surface area contributed by atoms with E-state index in [1.54, 1.807) is 0 Å². The highest BCUT2D eigenvalue weighted by Gasteiger charge is 2.46. The molecule has 1 saturated heterocycles. The van der Waals surface area contributed by atoms with Crippen molar-refractivity contribution in [2.75, 3.05) is 32.8 Å². The number of nitrogens with two attached hydrogens (primary N) is 1. The maximum Gasteiger partial charge on any atom is 0.0593 e. The van der Waals surface area contributed by atoms with E-state index in [1.165, 1.54) is 25.8 Å². The molecular weight excluding hydrogens is 188 g/mol. The zero-order valence-electron chi connectivity index (χ0n) is 9.87. The van der Waals surface area contributed by atoms with Crippen molar-refractivity contribution in [2.24, 2.45) is 11.7 Å². The quantitative estimate of drug-likeness (QED) is 0.761. The Morgan fingerprint density at radius 3 is 2.73 bits per heavy atom. The monoisotopic (exact) mass is 212 g/mol. The van der Waals surface area contributed by atoms with Crippen LogP contribution < -0.4 is 5.73 Å². The molecule has 0 aromatic rings. The molecule has 0 bridgehead atoms. The van der Waals surface area contributed by atoms with Crippen molar-refractivity contribution < 1.29 is 4.74 Å². The highest BCUT2D eigenvalue weighted by Crippen LogP contribution is 2.44. The van der Waals surface area contributed by atoms with Crippen LogP contribution in [0.3, 0.4) is 0 Å². The third kappa shape index (κ3) is 2.19. The molecule has 2 N–H and O–H groups in total. The fourth-order valence-corrected chi connectivity index (χ4v) is 3.02. The van der Waals surface area contributed by atoms with Gasteiger partial charge >= 0.3 is 0 Å². The molecule has 0 spiro atoms. The van der Waals surface area contributed by atoms with Crippen molar-refractivity contribution in [3.05, 3.63) is 0 Å². The van der Waals surface area contributed by atoms with Gasteiger partial charge in [0, 0.05) is 31.8 Å². The second-order valence-corrected chi connectivity index (χ2v) is 4.89. The lowest BCUT2D eigenvalue weighted by Gasteiger charge is -2.43. The molecule has 0 radical (unpaired) electrons.